The molecule has 2 amide bonds. The highest BCUT2D eigenvalue weighted by molar-refractivity contribution is 7.89. The van der Waals surface area contributed by atoms with Gasteiger partial charge in [-0.05, 0) is 75.6 Å². The molecule has 1 aliphatic carbocycles. The molecule has 33 heavy (non-hydrogen) atoms. The lowest BCUT2D eigenvalue weighted by Gasteiger charge is -2.34. The van der Waals surface area contributed by atoms with E-state index in [1.165, 1.54) is 4.31 Å². The van der Waals surface area contributed by atoms with E-state index in [1.54, 1.807) is 18.2 Å². The summed E-state index contributed by atoms with van der Waals surface area (Å²) in [7, 11) is -3.69. The van der Waals surface area contributed by atoms with E-state index in [-0.39, 0.29) is 41.1 Å². The second-order valence-corrected chi connectivity index (χ2v) is 12.2. The van der Waals surface area contributed by atoms with Gasteiger partial charge in [-0.15, -0.1) is 0 Å². The van der Waals surface area contributed by atoms with Crippen molar-refractivity contribution in [1.29, 1.82) is 0 Å². The van der Waals surface area contributed by atoms with Crippen molar-refractivity contribution in [2.24, 2.45) is 11.8 Å². The Balaban J connectivity index is 1.32. The number of likely N-dealkylation sites (tertiary alicyclic amines) is 1. The molecule has 2 saturated heterocycles. The monoisotopic (exact) mass is 473 g/mol. The summed E-state index contributed by atoms with van der Waals surface area (Å²) in [6.07, 6.45) is 8.43. The number of amides is 2. The molecule has 0 N–H and O–H groups in total. The van der Waals surface area contributed by atoms with Gasteiger partial charge in [-0.2, -0.15) is 4.31 Å². The van der Waals surface area contributed by atoms with Crippen LogP contribution in [0.2, 0.25) is 0 Å². The summed E-state index contributed by atoms with van der Waals surface area (Å²) >= 11 is 0. The number of fused-ring (bicyclic) bond motifs is 1. The zero-order chi connectivity index (χ0) is 23.2. The predicted octanol–water partition coefficient (Wildman–Crippen LogP) is 3.18. The second kappa shape index (κ2) is 9.02. The van der Waals surface area contributed by atoms with Crippen LogP contribution in [0.4, 0.5) is 5.69 Å². The summed E-state index contributed by atoms with van der Waals surface area (Å²) in [5.41, 5.74) is 1.78. The third kappa shape index (κ3) is 4.44. The Kier molecular flexibility index (Phi) is 6.25. The smallest absolute Gasteiger partial charge is 0.243 e. The van der Waals surface area contributed by atoms with Crippen LogP contribution >= 0.6 is 0 Å². The Morgan fingerprint density at radius 1 is 0.879 bits per heavy atom. The third-order valence-electron chi connectivity index (χ3n) is 7.72. The van der Waals surface area contributed by atoms with Gasteiger partial charge in [0.15, 0.2) is 0 Å². The number of hydrogen-bond donors (Lipinski definition) is 0. The Labute approximate surface area is 197 Å². The van der Waals surface area contributed by atoms with Gasteiger partial charge < -0.3 is 9.80 Å². The molecule has 0 spiro atoms. The molecule has 5 rings (SSSR count). The number of rotatable bonds is 4. The Bertz CT molecular complexity index is 1030. The molecule has 7 nitrogen and oxygen atoms in total. The lowest BCUT2D eigenvalue weighted by Crippen LogP contribution is -2.47. The molecule has 4 aliphatic rings. The number of carbonyl (C=O) groups is 2. The molecule has 1 aromatic rings. The summed E-state index contributed by atoms with van der Waals surface area (Å²) < 4.78 is 28.5. The third-order valence-corrected chi connectivity index (χ3v) is 9.58. The topological polar surface area (TPSA) is 78.0 Å². The minimum Gasteiger partial charge on any atom is -0.342 e. The first-order valence-corrected chi connectivity index (χ1v) is 14.0. The van der Waals surface area contributed by atoms with Crippen LogP contribution in [0.15, 0.2) is 23.1 Å². The zero-order valence-electron chi connectivity index (χ0n) is 19.5. The molecular formula is C25H35N3O4S. The fourth-order valence-electron chi connectivity index (χ4n) is 5.69. The van der Waals surface area contributed by atoms with Crippen molar-refractivity contribution in [2.75, 3.05) is 31.1 Å². The lowest BCUT2D eigenvalue weighted by molar-refractivity contribution is -0.136. The predicted molar refractivity (Wildman–Crippen MR) is 126 cm³/mol. The highest BCUT2D eigenvalue weighted by atomic mass is 32.2. The first-order chi connectivity index (χ1) is 15.9. The van der Waals surface area contributed by atoms with Crippen LogP contribution in [0.25, 0.3) is 0 Å². The molecule has 0 unspecified atom stereocenters. The van der Waals surface area contributed by atoms with Crippen LogP contribution in [-0.2, 0) is 26.0 Å². The van der Waals surface area contributed by atoms with Gasteiger partial charge in [-0.3, -0.25) is 9.59 Å². The van der Waals surface area contributed by atoms with Crippen LogP contribution in [0, 0.1) is 11.8 Å². The fourth-order valence-corrected chi connectivity index (χ4v) is 7.27. The first kappa shape index (κ1) is 22.8. The van der Waals surface area contributed by atoms with Crippen molar-refractivity contribution in [1.82, 2.24) is 9.21 Å². The summed E-state index contributed by atoms with van der Waals surface area (Å²) in [6, 6.07) is 5.24. The van der Waals surface area contributed by atoms with E-state index in [0.29, 0.717) is 19.4 Å². The van der Waals surface area contributed by atoms with Crippen LogP contribution in [-0.4, -0.2) is 61.7 Å². The molecule has 3 aliphatic heterocycles. The van der Waals surface area contributed by atoms with Crippen LogP contribution in [0.5, 0.6) is 0 Å². The molecule has 0 radical (unpaired) electrons. The van der Waals surface area contributed by atoms with Crippen molar-refractivity contribution >= 4 is 27.5 Å². The molecular weight excluding hydrogens is 438 g/mol. The minimum atomic E-state index is -3.69. The van der Waals surface area contributed by atoms with Gasteiger partial charge in [0.1, 0.15) is 0 Å². The summed E-state index contributed by atoms with van der Waals surface area (Å²) in [5, 5.41) is 0. The van der Waals surface area contributed by atoms with Gasteiger partial charge in [0.25, 0.3) is 0 Å². The van der Waals surface area contributed by atoms with Crippen molar-refractivity contribution in [3.8, 4) is 0 Å². The van der Waals surface area contributed by atoms with Gasteiger partial charge in [-0.1, -0.05) is 12.8 Å². The number of benzene rings is 1. The quantitative estimate of drug-likeness (QED) is 0.673. The van der Waals surface area contributed by atoms with Gasteiger partial charge in [0, 0.05) is 43.8 Å². The molecule has 8 heteroatoms. The molecule has 1 aromatic carbocycles. The maximum Gasteiger partial charge on any atom is 0.243 e. The van der Waals surface area contributed by atoms with Crippen LogP contribution < -0.4 is 4.90 Å². The molecule has 3 fully saturated rings. The summed E-state index contributed by atoms with van der Waals surface area (Å²) in [5.74, 6) is 0.165. The lowest BCUT2D eigenvalue weighted by atomic mass is 9.98. The van der Waals surface area contributed by atoms with Crippen LogP contribution in [0.1, 0.15) is 63.9 Å². The number of hydrogen-bond acceptors (Lipinski definition) is 4. The van der Waals surface area contributed by atoms with Gasteiger partial charge in [0.2, 0.25) is 21.8 Å². The number of piperidine rings is 1. The van der Waals surface area contributed by atoms with Crippen molar-refractivity contribution < 1.29 is 18.0 Å². The average molecular weight is 474 g/mol. The molecule has 0 bridgehead atoms. The van der Waals surface area contributed by atoms with Crippen molar-refractivity contribution in [2.45, 2.75) is 75.6 Å². The molecule has 180 valence electrons. The minimum absolute atomic E-state index is 0.0525. The van der Waals surface area contributed by atoms with Gasteiger partial charge in [0.05, 0.1) is 10.8 Å². The summed E-state index contributed by atoms with van der Waals surface area (Å²) in [4.78, 5) is 29.9. The van der Waals surface area contributed by atoms with E-state index in [9.17, 15) is 18.0 Å². The number of anilines is 1. The van der Waals surface area contributed by atoms with Crippen molar-refractivity contribution in [3.05, 3.63) is 23.8 Å². The maximum atomic E-state index is 13.5. The van der Waals surface area contributed by atoms with E-state index in [0.717, 1.165) is 69.3 Å². The number of nitrogens with zero attached hydrogens (tertiary/aromatic N) is 3. The van der Waals surface area contributed by atoms with Gasteiger partial charge >= 0.3 is 0 Å². The maximum absolute atomic E-state index is 13.5. The summed E-state index contributed by atoms with van der Waals surface area (Å²) in [6.45, 7) is 4.32. The Morgan fingerprint density at radius 3 is 2.30 bits per heavy atom. The molecule has 3 heterocycles. The zero-order valence-corrected chi connectivity index (χ0v) is 20.4. The number of carbonyl (C=O) groups excluding carboxylic acids is 2. The largest absolute Gasteiger partial charge is 0.342 e. The second-order valence-electron chi connectivity index (χ2n) is 10.3. The van der Waals surface area contributed by atoms with E-state index in [1.807, 2.05) is 16.7 Å². The highest BCUT2D eigenvalue weighted by Gasteiger charge is 2.40. The van der Waals surface area contributed by atoms with E-state index in [4.69, 9.17) is 0 Å². The van der Waals surface area contributed by atoms with E-state index in [2.05, 4.69) is 0 Å². The van der Waals surface area contributed by atoms with E-state index >= 15 is 0 Å². The van der Waals surface area contributed by atoms with Crippen molar-refractivity contribution in [3.63, 3.8) is 0 Å². The highest BCUT2D eigenvalue weighted by Crippen LogP contribution is 2.40. The van der Waals surface area contributed by atoms with E-state index < -0.39 is 10.0 Å². The first-order valence-electron chi connectivity index (χ1n) is 12.6. The fraction of sp³-hybridized carbons (Fsp3) is 0.680. The normalized spacial score (nSPS) is 26.7. The average Bonchev–Trinajstić information content (AvgIpc) is 3.63. The van der Waals surface area contributed by atoms with Crippen LogP contribution in [0.3, 0.4) is 0 Å². The molecule has 1 saturated carbocycles. The SMILES string of the molecule is C[C@@H]1Cc2cc(S(=O)(=O)N3CCC[C@H](C(=O)N4CCCCCC4)C3)ccc2N1C(=O)C1CC1. The van der Waals surface area contributed by atoms with Gasteiger partial charge in [-0.25, -0.2) is 8.42 Å². The molecule has 0 aromatic heterocycles. The Hall–Kier alpha value is -1.93. The Morgan fingerprint density at radius 2 is 1.61 bits per heavy atom. The number of sulfonamides is 1. The molecule has 2 atom stereocenters. The standard InChI is InChI=1S/C25H35N3O4S/c1-18-15-21-16-22(10-11-23(21)28(18)25(30)19-8-9-19)33(31,32)27-14-6-7-20(17-27)24(29)26-12-4-2-3-5-13-26/h10-11,16,18-20H,2-9,12-15,17H2,1H3/t18-,20+/m1/s1.